The average molecular weight is 487 g/mol. The van der Waals surface area contributed by atoms with Gasteiger partial charge < -0.3 is 15.5 Å². The van der Waals surface area contributed by atoms with Crippen molar-refractivity contribution in [2.75, 3.05) is 34.5 Å². The zero-order valence-electron chi connectivity index (χ0n) is 19.8. The van der Waals surface area contributed by atoms with Crippen LogP contribution in [0.5, 0.6) is 0 Å². The van der Waals surface area contributed by atoms with Crippen molar-refractivity contribution in [2.45, 2.75) is 13.0 Å². The smallest absolute Gasteiger partial charge is 0.332 e. The molecule has 4 rings (SSSR count). The number of aromatic nitrogens is 2. The van der Waals surface area contributed by atoms with Crippen LogP contribution in [0.2, 0.25) is 5.02 Å². The van der Waals surface area contributed by atoms with E-state index in [4.69, 9.17) is 11.6 Å². The number of carbonyl (C=O) groups is 1. The molecule has 0 aliphatic heterocycles. The predicted octanol–water partition coefficient (Wildman–Crippen LogP) is 6.74. The zero-order valence-corrected chi connectivity index (χ0v) is 20.6. The molecule has 0 bridgehead atoms. The summed E-state index contributed by atoms with van der Waals surface area (Å²) in [6.07, 6.45) is 1.64. The standard InChI is InChI=1S/C27H27ClN6O/c1-19(20-8-5-4-6-9-20)30-26-29-17-16-25(32-26)34(24-14-12-23(13-15-24)33(2)3)27(35)31-22-11-7-10-21(28)18-22/h4-19H,1-3H3,(H,31,35)(H,29,30,32)/t19-/m0/s1. The SMILES string of the molecule is C[C@H](Nc1nccc(N(C(=O)Nc2cccc(Cl)c2)c2ccc(N(C)C)cc2)n1)c1ccccc1. The van der Waals surface area contributed by atoms with E-state index in [2.05, 4.69) is 20.6 Å². The molecule has 1 atom stereocenters. The Balaban J connectivity index is 1.66. The van der Waals surface area contributed by atoms with Gasteiger partial charge in [0.05, 0.1) is 11.7 Å². The summed E-state index contributed by atoms with van der Waals surface area (Å²) in [6, 6.07) is 26.0. The van der Waals surface area contributed by atoms with Gasteiger partial charge in [-0.15, -0.1) is 0 Å². The molecular formula is C27H27ClN6O. The molecular weight excluding hydrogens is 460 g/mol. The molecule has 1 aromatic heterocycles. The highest BCUT2D eigenvalue weighted by molar-refractivity contribution is 6.31. The molecule has 3 aromatic carbocycles. The van der Waals surface area contributed by atoms with Crippen LogP contribution in [0.25, 0.3) is 0 Å². The lowest BCUT2D eigenvalue weighted by atomic mass is 10.1. The molecule has 4 aromatic rings. The second-order valence-electron chi connectivity index (χ2n) is 8.20. The number of rotatable bonds is 7. The number of hydrogen-bond donors (Lipinski definition) is 2. The van der Waals surface area contributed by atoms with E-state index in [0.29, 0.717) is 28.2 Å². The third-order valence-corrected chi connectivity index (χ3v) is 5.65. The molecule has 0 spiro atoms. The Morgan fingerprint density at radius 3 is 2.31 bits per heavy atom. The van der Waals surface area contributed by atoms with E-state index in [9.17, 15) is 4.79 Å². The fraction of sp³-hybridized carbons (Fsp3) is 0.148. The van der Waals surface area contributed by atoms with Crippen LogP contribution in [0.1, 0.15) is 18.5 Å². The second-order valence-corrected chi connectivity index (χ2v) is 8.64. The van der Waals surface area contributed by atoms with E-state index >= 15 is 0 Å². The van der Waals surface area contributed by atoms with Crippen molar-refractivity contribution >= 4 is 46.5 Å². The highest BCUT2D eigenvalue weighted by Crippen LogP contribution is 2.28. The molecule has 0 unspecified atom stereocenters. The van der Waals surface area contributed by atoms with Crippen molar-refractivity contribution in [3.63, 3.8) is 0 Å². The lowest BCUT2D eigenvalue weighted by molar-refractivity contribution is 0.259. The molecule has 8 heteroatoms. The first-order valence-electron chi connectivity index (χ1n) is 11.2. The first-order valence-corrected chi connectivity index (χ1v) is 11.6. The van der Waals surface area contributed by atoms with Crippen LogP contribution in [0.3, 0.4) is 0 Å². The van der Waals surface area contributed by atoms with Crippen LogP contribution >= 0.6 is 11.6 Å². The van der Waals surface area contributed by atoms with Crippen LogP contribution in [0, 0.1) is 0 Å². The lowest BCUT2D eigenvalue weighted by Crippen LogP contribution is -2.31. The zero-order chi connectivity index (χ0) is 24.8. The van der Waals surface area contributed by atoms with Crippen molar-refractivity contribution in [2.24, 2.45) is 0 Å². The van der Waals surface area contributed by atoms with E-state index < -0.39 is 0 Å². The molecule has 1 heterocycles. The minimum atomic E-state index is -0.370. The molecule has 0 radical (unpaired) electrons. The summed E-state index contributed by atoms with van der Waals surface area (Å²) in [4.78, 5) is 26.0. The summed E-state index contributed by atoms with van der Waals surface area (Å²) in [5.41, 5.74) is 3.38. The Hall–Kier alpha value is -4.10. The van der Waals surface area contributed by atoms with Crippen molar-refractivity contribution < 1.29 is 4.79 Å². The van der Waals surface area contributed by atoms with Crippen LogP contribution in [0.15, 0.2) is 91.1 Å². The van der Waals surface area contributed by atoms with Gasteiger partial charge >= 0.3 is 6.03 Å². The molecule has 0 saturated heterocycles. The Morgan fingerprint density at radius 2 is 1.63 bits per heavy atom. The minimum absolute atomic E-state index is 0.0143. The summed E-state index contributed by atoms with van der Waals surface area (Å²) >= 11 is 6.11. The van der Waals surface area contributed by atoms with Gasteiger partial charge in [0.2, 0.25) is 5.95 Å². The Bertz CT molecular complexity index is 1280. The normalized spacial score (nSPS) is 11.4. The van der Waals surface area contributed by atoms with Gasteiger partial charge in [-0.05, 0) is 55.0 Å². The summed E-state index contributed by atoms with van der Waals surface area (Å²) < 4.78 is 0. The van der Waals surface area contributed by atoms with Gasteiger partial charge in [0.1, 0.15) is 5.82 Å². The topological polar surface area (TPSA) is 73.4 Å². The second kappa shape index (κ2) is 10.9. The van der Waals surface area contributed by atoms with Gasteiger partial charge in [-0.3, -0.25) is 0 Å². The number of urea groups is 1. The third-order valence-electron chi connectivity index (χ3n) is 5.42. The Labute approximate surface area is 210 Å². The molecule has 0 aliphatic carbocycles. The molecule has 35 heavy (non-hydrogen) atoms. The Kier molecular flexibility index (Phi) is 7.48. The van der Waals surface area contributed by atoms with E-state index in [0.717, 1.165) is 11.3 Å². The van der Waals surface area contributed by atoms with Crippen molar-refractivity contribution in [1.29, 1.82) is 0 Å². The maximum absolute atomic E-state index is 13.5. The van der Waals surface area contributed by atoms with E-state index in [1.165, 1.54) is 4.90 Å². The van der Waals surface area contributed by atoms with E-state index in [-0.39, 0.29) is 12.1 Å². The largest absolute Gasteiger partial charge is 0.378 e. The summed E-state index contributed by atoms with van der Waals surface area (Å²) in [5, 5.41) is 6.77. The fourth-order valence-electron chi connectivity index (χ4n) is 3.56. The first-order chi connectivity index (χ1) is 16.9. The number of amides is 2. The highest BCUT2D eigenvalue weighted by atomic mass is 35.5. The van der Waals surface area contributed by atoms with Gasteiger partial charge in [0.25, 0.3) is 0 Å². The van der Waals surface area contributed by atoms with Crippen molar-refractivity contribution in [3.05, 3.63) is 102 Å². The Morgan fingerprint density at radius 1 is 0.914 bits per heavy atom. The van der Waals surface area contributed by atoms with Gasteiger partial charge in [-0.1, -0.05) is 48.0 Å². The fourth-order valence-corrected chi connectivity index (χ4v) is 3.75. The highest BCUT2D eigenvalue weighted by Gasteiger charge is 2.21. The van der Waals surface area contributed by atoms with E-state index in [1.807, 2.05) is 80.5 Å². The maximum atomic E-state index is 13.5. The minimum Gasteiger partial charge on any atom is -0.378 e. The molecule has 0 aliphatic rings. The summed E-state index contributed by atoms with van der Waals surface area (Å²) in [7, 11) is 3.93. The molecule has 178 valence electrons. The lowest BCUT2D eigenvalue weighted by Gasteiger charge is -2.24. The number of nitrogens with one attached hydrogen (secondary N) is 2. The maximum Gasteiger partial charge on any atom is 0.332 e. The third kappa shape index (κ3) is 6.07. The van der Waals surface area contributed by atoms with E-state index in [1.54, 1.807) is 36.5 Å². The van der Waals surface area contributed by atoms with Crippen LogP contribution in [-0.4, -0.2) is 30.1 Å². The molecule has 0 saturated carbocycles. The molecule has 2 N–H and O–H groups in total. The monoisotopic (exact) mass is 486 g/mol. The van der Waals surface area contributed by atoms with Crippen LogP contribution in [0.4, 0.5) is 33.6 Å². The summed E-state index contributed by atoms with van der Waals surface area (Å²) in [5.74, 6) is 0.851. The number of carbonyl (C=O) groups excluding carboxylic acids is 1. The van der Waals surface area contributed by atoms with Crippen LogP contribution < -0.4 is 20.4 Å². The molecule has 2 amide bonds. The van der Waals surface area contributed by atoms with Gasteiger partial charge in [-0.2, -0.15) is 4.98 Å². The van der Waals surface area contributed by atoms with Crippen molar-refractivity contribution in [3.8, 4) is 0 Å². The summed E-state index contributed by atoms with van der Waals surface area (Å²) in [6.45, 7) is 2.04. The number of halogens is 1. The molecule has 0 fully saturated rings. The van der Waals surface area contributed by atoms with Gasteiger partial charge in [0, 0.05) is 42.8 Å². The number of hydrogen-bond acceptors (Lipinski definition) is 5. The van der Waals surface area contributed by atoms with Gasteiger partial charge in [-0.25, -0.2) is 14.7 Å². The van der Waals surface area contributed by atoms with Gasteiger partial charge in [0.15, 0.2) is 0 Å². The number of anilines is 5. The molecule has 7 nitrogen and oxygen atoms in total. The number of nitrogens with zero attached hydrogens (tertiary/aromatic N) is 4. The average Bonchev–Trinajstić information content (AvgIpc) is 2.85. The first kappa shape index (κ1) is 24.0. The predicted molar refractivity (Wildman–Crippen MR) is 144 cm³/mol. The van der Waals surface area contributed by atoms with Crippen LogP contribution in [-0.2, 0) is 0 Å². The number of benzene rings is 3. The van der Waals surface area contributed by atoms with Crippen molar-refractivity contribution in [1.82, 2.24) is 9.97 Å². The quantitative estimate of drug-likeness (QED) is 0.302.